The zero-order valence-corrected chi connectivity index (χ0v) is 10.3. The standard InChI is InChI=1S/C14H18FNO2/c15-12-5-3-11(4-6-12)14(18)7-9-16-8-1-2-13(17)10-16/h3-6,13,17H,1-2,7-10H2. The lowest BCUT2D eigenvalue weighted by atomic mass is 10.1. The Balaban J connectivity index is 1.82. The number of likely N-dealkylation sites (tertiary alicyclic amines) is 1. The Morgan fingerprint density at radius 3 is 2.78 bits per heavy atom. The fraction of sp³-hybridized carbons (Fsp3) is 0.500. The first-order valence-electron chi connectivity index (χ1n) is 6.34. The van der Waals surface area contributed by atoms with E-state index in [9.17, 15) is 14.3 Å². The summed E-state index contributed by atoms with van der Waals surface area (Å²) in [6, 6.07) is 5.64. The summed E-state index contributed by atoms with van der Waals surface area (Å²) in [5, 5.41) is 9.52. The molecule has 0 bridgehead atoms. The van der Waals surface area contributed by atoms with Gasteiger partial charge in [-0.3, -0.25) is 4.79 Å². The van der Waals surface area contributed by atoms with Crippen LogP contribution in [0.25, 0.3) is 0 Å². The van der Waals surface area contributed by atoms with Crippen LogP contribution in [0, 0.1) is 5.82 Å². The molecule has 0 amide bonds. The van der Waals surface area contributed by atoms with E-state index in [1.165, 1.54) is 24.3 Å². The summed E-state index contributed by atoms with van der Waals surface area (Å²) in [4.78, 5) is 14.0. The van der Waals surface area contributed by atoms with E-state index < -0.39 is 0 Å². The molecule has 1 aliphatic heterocycles. The van der Waals surface area contributed by atoms with E-state index in [0.29, 0.717) is 25.1 Å². The van der Waals surface area contributed by atoms with Crippen LogP contribution in [0.1, 0.15) is 29.6 Å². The van der Waals surface area contributed by atoms with Crippen molar-refractivity contribution in [3.8, 4) is 0 Å². The van der Waals surface area contributed by atoms with Gasteiger partial charge in [-0.25, -0.2) is 4.39 Å². The normalized spacial score (nSPS) is 20.9. The van der Waals surface area contributed by atoms with E-state index in [0.717, 1.165) is 19.4 Å². The van der Waals surface area contributed by atoms with Crippen molar-refractivity contribution in [2.45, 2.75) is 25.4 Å². The van der Waals surface area contributed by atoms with Crippen LogP contribution in [0.2, 0.25) is 0 Å². The number of hydrogen-bond acceptors (Lipinski definition) is 3. The van der Waals surface area contributed by atoms with Crippen LogP contribution in [0.15, 0.2) is 24.3 Å². The number of ketones is 1. The van der Waals surface area contributed by atoms with Crippen molar-refractivity contribution in [2.24, 2.45) is 0 Å². The third-order valence-electron chi connectivity index (χ3n) is 3.30. The molecule has 1 saturated heterocycles. The van der Waals surface area contributed by atoms with Crippen LogP contribution in [0.5, 0.6) is 0 Å². The minimum atomic E-state index is -0.328. The van der Waals surface area contributed by atoms with Crippen molar-refractivity contribution in [1.29, 1.82) is 0 Å². The topological polar surface area (TPSA) is 40.5 Å². The van der Waals surface area contributed by atoms with Gasteiger partial charge in [0.1, 0.15) is 5.82 Å². The molecule has 1 N–H and O–H groups in total. The van der Waals surface area contributed by atoms with Crippen LogP contribution in [0.3, 0.4) is 0 Å². The van der Waals surface area contributed by atoms with Gasteiger partial charge in [-0.05, 0) is 43.7 Å². The first-order chi connectivity index (χ1) is 8.65. The second-order valence-corrected chi connectivity index (χ2v) is 4.78. The van der Waals surface area contributed by atoms with Gasteiger partial charge in [-0.15, -0.1) is 0 Å². The Kier molecular flexibility index (Phi) is 4.44. The number of rotatable bonds is 4. The van der Waals surface area contributed by atoms with Crippen LogP contribution in [0.4, 0.5) is 4.39 Å². The highest BCUT2D eigenvalue weighted by Gasteiger charge is 2.18. The van der Waals surface area contributed by atoms with Crippen molar-refractivity contribution < 1.29 is 14.3 Å². The molecule has 4 heteroatoms. The number of nitrogens with zero attached hydrogens (tertiary/aromatic N) is 1. The summed E-state index contributed by atoms with van der Waals surface area (Å²) in [6.07, 6.45) is 1.98. The van der Waals surface area contributed by atoms with Gasteiger partial charge in [0.25, 0.3) is 0 Å². The molecule has 0 saturated carbocycles. The number of hydrogen-bond donors (Lipinski definition) is 1. The molecule has 1 fully saturated rings. The smallest absolute Gasteiger partial charge is 0.164 e. The summed E-state index contributed by atoms with van der Waals surface area (Å²) in [7, 11) is 0. The Labute approximate surface area is 106 Å². The highest BCUT2D eigenvalue weighted by atomic mass is 19.1. The third-order valence-corrected chi connectivity index (χ3v) is 3.30. The third kappa shape index (κ3) is 3.62. The second-order valence-electron chi connectivity index (χ2n) is 4.78. The average molecular weight is 251 g/mol. The van der Waals surface area contributed by atoms with E-state index in [1.807, 2.05) is 0 Å². The summed E-state index contributed by atoms with van der Waals surface area (Å²) < 4.78 is 12.7. The first kappa shape index (κ1) is 13.2. The average Bonchev–Trinajstić information content (AvgIpc) is 2.37. The zero-order valence-electron chi connectivity index (χ0n) is 10.3. The molecule has 1 aromatic rings. The summed E-state index contributed by atoms with van der Waals surface area (Å²) in [5.41, 5.74) is 0.550. The summed E-state index contributed by atoms with van der Waals surface area (Å²) >= 11 is 0. The zero-order chi connectivity index (χ0) is 13.0. The Bertz CT molecular complexity index is 405. The van der Waals surface area contributed by atoms with E-state index in [2.05, 4.69) is 4.90 Å². The Hall–Kier alpha value is -1.26. The number of Topliss-reactive ketones (excluding diaryl/α,β-unsaturated/α-hetero) is 1. The highest BCUT2D eigenvalue weighted by Crippen LogP contribution is 2.11. The predicted octanol–water partition coefficient (Wildman–Crippen LogP) is 1.86. The van der Waals surface area contributed by atoms with Crippen LogP contribution < -0.4 is 0 Å². The number of halogens is 1. The van der Waals surface area contributed by atoms with Gasteiger partial charge in [0.15, 0.2) is 5.78 Å². The number of β-amino-alcohol motifs (C(OH)–C–C–N with tert-alkyl or cyclic N) is 1. The lowest BCUT2D eigenvalue weighted by molar-refractivity contribution is 0.0670. The van der Waals surface area contributed by atoms with Crippen molar-refractivity contribution in [3.05, 3.63) is 35.6 Å². The minimum Gasteiger partial charge on any atom is -0.392 e. The lowest BCUT2D eigenvalue weighted by Gasteiger charge is -2.29. The molecular formula is C14H18FNO2. The molecule has 1 heterocycles. The van der Waals surface area contributed by atoms with Crippen molar-refractivity contribution >= 4 is 5.78 Å². The van der Waals surface area contributed by atoms with Gasteiger partial charge < -0.3 is 10.0 Å². The fourth-order valence-corrected chi connectivity index (χ4v) is 2.27. The first-order valence-corrected chi connectivity index (χ1v) is 6.34. The second kappa shape index (κ2) is 6.07. The molecule has 0 aliphatic carbocycles. The van der Waals surface area contributed by atoms with Gasteiger partial charge in [0.2, 0.25) is 0 Å². The SMILES string of the molecule is O=C(CCN1CCCC(O)C1)c1ccc(F)cc1. The van der Waals surface area contributed by atoms with E-state index in [4.69, 9.17) is 0 Å². The number of carbonyl (C=O) groups is 1. The summed E-state index contributed by atoms with van der Waals surface area (Å²) in [5.74, 6) is -0.305. The Morgan fingerprint density at radius 1 is 1.39 bits per heavy atom. The molecule has 1 aliphatic rings. The molecule has 18 heavy (non-hydrogen) atoms. The largest absolute Gasteiger partial charge is 0.392 e. The maximum atomic E-state index is 12.7. The van der Waals surface area contributed by atoms with Crippen LogP contribution in [-0.2, 0) is 0 Å². The van der Waals surface area contributed by atoms with Crippen LogP contribution in [-0.4, -0.2) is 41.5 Å². The molecule has 0 radical (unpaired) electrons. The molecule has 1 unspecified atom stereocenters. The van der Waals surface area contributed by atoms with Gasteiger partial charge in [0.05, 0.1) is 6.10 Å². The van der Waals surface area contributed by atoms with Gasteiger partial charge in [-0.2, -0.15) is 0 Å². The van der Waals surface area contributed by atoms with Gasteiger partial charge in [0, 0.05) is 25.1 Å². The number of carbonyl (C=O) groups excluding carboxylic acids is 1. The molecule has 1 aromatic carbocycles. The Morgan fingerprint density at radius 2 is 2.11 bits per heavy atom. The number of benzene rings is 1. The van der Waals surface area contributed by atoms with Crippen molar-refractivity contribution in [1.82, 2.24) is 4.90 Å². The summed E-state index contributed by atoms with van der Waals surface area (Å²) in [6.45, 7) is 2.25. The molecule has 1 atom stereocenters. The quantitative estimate of drug-likeness (QED) is 0.830. The minimum absolute atomic E-state index is 0.0232. The van der Waals surface area contributed by atoms with Crippen molar-refractivity contribution in [3.63, 3.8) is 0 Å². The van der Waals surface area contributed by atoms with Crippen molar-refractivity contribution in [2.75, 3.05) is 19.6 Å². The van der Waals surface area contributed by atoms with Gasteiger partial charge in [-0.1, -0.05) is 0 Å². The predicted molar refractivity (Wildman–Crippen MR) is 67.0 cm³/mol. The van der Waals surface area contributed by atoms with Crippen LogP contribution >= 0.6 is 0 Å². The monoisotopic (exact) mass is 251 g/mol. The van der Waals surface area contributed by atoms with Gasteiger partial charge >= 0.3 is 0 Å². The molecule has 3 nitrogen and oxygen atoms in total. The maximum absolute atomic E-state index is 12.7. The molecule has 0 spiro atoms. The number of aliphatic hydroxyl groups is 1. The van der Waals surface area contributed by atoms with E-state index in [-0.39, 0.29) is 17.7 Å². The molecule has 0 aromatic heterocycles. The fourth-order valence-electron chi connectivity index (χ4n) is 2.27. The van der Waals surface area contributed by atoms with E-state index >= 15 is 0 Å². The molecule has 98 valence electrons. The van der Waals surface area contributed by atoms with E-state index in [1.54, 1.807) is 0 Å². The number of piperidine rings is 1. The highest BCUT2D eigenvalue weighted by molar-refractivity contribution is 5.96. The number of aliphatic hydroxyl groups excluding tert-OH is 1. The molecular weight excluding hydrogens is 233 g/mol. The molecule has 2 rings (SSSR count). The lowest BCUT2D eigenvalue weighted by Crippen LogP contribution is -2.39. The maximum Gasteiger partial charge on any atom is 0.164 e.